The lowest BCUT2D eigenvalue weighted by Crippen LogP contribution is -1.99. The van der Waals surface area contributed by atoms with E-state index in [-0.39, 0.29) is 5.69 Å². The molecule has 0 amide bonds. The van der Waals surface area contributed by atoms with Gasteiger partial charge in [-0.25, -0.2) is 4.68 Å². The van der Waals surface area contributed by atoms with Gasteiger partial charge in [-0.05, 0) is 36.4 Å². The number of non-ortho nitro benzene ring substituents is 1. The third kappa shape index (κ3) is 2.61. The number of hydrogen-bond acceptors (Lipinski definition) is 4. The van der Waals surface area contributed by atoms with Crippen molar-refractivity contribution >= 4 is 17.3 Å². The second-order valence-electron chi connectivity index (χ2n) is 4.31. The van der Waals surface area contributed by atoms with Crippen molar-refractivity contribution in [2.24, 2.45) is 0 Å². The molecule has 0 N–H and O–H groups in total. The number of nitro groups is 1. The van der Waals surface area contributed by atoms with Crippen LogP contribution in [0.15, 0.2) is 54.7 Å². The lowest BCUT2D eigenvalue weighted by Gasteiger charge is -2.06. The van der Waals surface area contributed by atoms with E-state index in [0.29, 0.717) is 5.02 Å². The second-order valence-corrected chi connectivity index (χ2v) is 4.75. The maximum absolute atomic E-state index is 10.7. The Morgan fingerprint density at radius 3 is 2.33 bits per heavy atom. The number of halogens is 1. The van der Waals surface area contributed by atoms with Crippen molar-refractivity contribution in [3.8, 4) is 16.9 Å². The highest BCUT2D eigenvalue weighted by molar-refractivity contribution is 6.30. The molecule has 2 aromatic carbocycles. The quantitative estimate of drug-likeness (QED) is 0.548. The van der Waals surface area contributed by atoms with Crippen molar-refractivity contribution in [1.29, 1.82) is 0 Å². The number of benzene rings is 2. The fraction of sp³-hybridized carbons (Fsp3) is 0. The van der Waals surface area contributed by atoms with Crippen LogP contribution in [-0.4, -0.2) is 19.9 Å². The minimum Gasteiger partial charge on any atom is -0.258 e. The van der Waals surface area contributed by atoms with Crippen LogP contribution < -0.4 is 0 Å². The highest BCUT2D eigenvalue weighted by Crippen LogP contribution is 2.24. The molecule has 104 valence electrons. The molecule has 1 heterocycles. The monoisotopic (exact) mass is 300 g/mol. The van der Waals surface area contributed by atoms with Gasteiger partial charge in [0.25, 0.3) is 5.69 Å². The first-order valence-corrected chi connectivity index (χ1v) is 6.44. The third-order valence-electron chi connectivity index (χ3n) is 2.99. The third-order valence-corrected chi connectivity index (χ3v) is 3.25. The maximum atomic E-state index is 10.7. The number of nitrogens with zero attached hydrogens (tertiary/aromatic N) is 4. The molecule has 7 heteroatoms. The van der Waals surface area contributed by atoms with Crippen molar-refractivity contribution < 1.29 is 4.92 Å². The second kappa shape index (κ2) is 5.34. The molecule has 0 atom stereocenters. The maximum Gasteiger partial charge on any atom is 0.269 e. The zero-order chi connectivity index (χ0) is 14.8. The molecule has 3 aromatic rings. The van der Waals surface area contributed by atoms with Gasteiger partial charge in [0, 0.05) is 22.7 Å². The molecule has 21 heavy (non-hydrogen) atoms. The van der Waals surface area contributed by atoms with Crippen LogP contribution in [0.1, 0.15) is 0 Å². The Bertz CT molecular complexity index is 781. The zero-order valence-corrected chi connectivity index (χ0v) is 11.4. The SMILES string of the molecule is O=[N+]([O-])c1ccc(-c2cnnn2-c2ccc(Cl)cc2)cc1. The highest BCUT2D eigenvalue weighted by atomic mass is 35.5. The lowest BCUT2D eigenvalue weighted by atomic mass is 10.1. The van der Waals surface area contributed by atoms with Crippen LogP contribution in [0.3, 0.4) is 0 Å². The molecule has 6 nitrogen and oxygen atoms in total. The van der Waals surface area contributed by atoms with E-state index < -0.39 is 4.92 Å². The summed E-state index contributed by atoms with van der Waals surface area (Å²) in [7, 11) is 0. The summed E-state index contributed by atoms with van der Waals surface area (Å²) in [5, 5.41) is 19.3. The van der Waals surface area contributed by atoms with Crippen molar-refractivity contribution in [3.63, 3.8) is 0 Å². The summed E-state index contributed by atoms with van der Waals surface area (Å²) in [5.74, 6) is 0. The summed E-state index contributed by atoms with van der Waals surface area (Å²) in [5.41, 5.74) is 2.39. The van der Waals surface area contributed by atoms with E-state index in [1.807, 2.05) is 12.1 Å². The zero-order valence-electron chi connectivity index (χ0n) is 10.7. The predicted molar refractivity (Wildman–Crippen MR) is 78.5 cm³/mol. The number of rotatable bonds is 3. The first kappa shape index (κ1) is 13.3. The van der Waals surface area contributed by atoms with E-state index in [4.69, 9.17) is 11.6 Å². The molecule has 0 radical (unpaired) electrons. The van der Waals surface area contributed by atoms with Gasteiger partial charge in [0.2, 0.25) is 0 Å². The summed E-state index contributed by atoms with van der Waals surface area (Å²) >= 11 is 5.87. The molecule has 0 bridgehead atoms. The Morgan fingerprint density at radius 1 is 1.05 bits per heavy atom. The molecule has 0 fully saturated rings. The van der Waals surface area contributed by atoms with Gasteiger partial charge in [0.05, 0.1) is 22.5 Å². The van der Waals surface area contributed by atoms with Gasteiger partial charge in [0.1, 0.15) is 0 Å². The molecule has 0 spiro atoms. The van der Waals surface area contributed by atoms with E-state index in [2.05, 4.69) is 10.3 Å². The molecule has 3 rings (SSSR count). The van der Waals surface area contributed by atoms with E-state index in [0.717, 1.165) is 16.9 Å². The Balaban J connectivity index is 2.02. The molecule has 1 aromatic heterocycles. The molecular formula is C14H9ClN4O2. The van der Waals surface area contributed by atoms with Crippen molar-refractivity contribution in [3.05, 3.63) is 69.9 Å². The van der Waals surface area contributed by atoms with Crippen LogP contribution in [0.4, 0.5) is 5.69 Å². The first-order valence-electron chi connectivity index (χ1n) is 6.06. The van der Waals surface area contributed by atoms with Gasteiger partial charge >= 0.3 is 0 Å². The van der Waals surface area contributed by atoms with Crippen LogP contribution >= 0.6 is 11.6 Å². The topological polar surface area (TPSA) is 73.8 Å². The molecule has 0 aliphatic heterocycles. The van der Waals surface area contributed by atoms with Gasteiger partial charge in [-0.15, -0.1) is 5.10 Å². The Labute approximate surface area is 124 Å². The van der Waals surface area contributed by atoms with Gasteiger partial charge in [-0.2, -0.15) is 0 Å². The Hall–Kier alpha value is -2.73. The van der Waals surface area contributed by atoms with Crippen molar-refractivity contribution in [2.45, 2.75) is 0 Å². The normalized spacial score (nSPS) is 10.5. The average molecular weight is 301 g/mol. The number of nitro benzene ring substituents is 1. The summed E-state index contributed by atoms with van der Waals surface area (Å²) in [6, 6.07) is 13.4. The standard InChI is InChI=1S/C14H9ClN4O2/c15-11-3-7-12(8-4-11)18-14(9-16-17-18)10-1-5-13(6-2-10)19(20)21/h1-9H. The molecule has 0 unspecified atom stereocenters. The van der Waals surface area contributed by atoms with E-state index in [1.165, 1.54) is 12.1 Å². The van der Waals surface area contributed by atoms with E-state index in [9.17, 15) is 10.1 Å². The Morgan fingerprint density at radius 2 is 1.71 bits per heavy atom. The first-order chi connectivity index (χ1) is 10.1. The molecule has 0 saturated heterocycles. The molecular weight excluding hydrogens is 292 g/mol. The van der Waals surface area contributed by atoms with Gasteiger partial charge in [-0.1, -0.05) is 16.8 Å². The summed E-state index contributed by atoms with van der Waals surface area (Å²) < 4.78 is 1.65. The summed E-state index contributed by atoms with van der Waals surface area (Å²) in [4.78, 5) is 10.3. The minimum absolute atomic E-state index is 0.0456. The minimum atomic E-state index is -0.432. The van der Waals surface area contributed by atoms with Crippen LogP contribution in [0.2, 0.25) is 5.02 Å². The fourth-order valence-electron chi connectivity index (χ4n) is 1.96. The number of aromatic nitrogens is 3. The van der Waals surface area contributed by atoms with Crippen LogP contribution in [0, 0.1) is 10.1 Å². The van der Waals surface area contributed by atoms with Gasteiger partial charge in [0.15, 0.2) is 0 Å². The molecule has 0 aliphatic rings. The average Bonchev–Trinajstić information content (AvgIpc) is 2.97. The predicted octanol–water partition coefficient (Wildman–Crippen LogP) is 3.50. The van der Waals surface area contributed by atoms with Crippen molar-refractivity contribution in [1.82, 2.24) is 15.0 Å². The largest absolute Gasteiger partial charge is 0.269 e. The fourth-order valence-corrected chi connectivity index (χ4v) is 2.08. The molecule has 0 aliphatic carbocycles. The van der Waals surface area contributed by atoms with Gasteiger partial charge in [-0.3, -0.25) is 10.1 Å². The lowest BCUT2D eigenvalue weighted by molar-refractivity contribution is -0.384. The van der Waals surface area contributed by atoms with Crippen LogP contribution in [0.5, 0.6) is 0 Å². The van der Waals surface area contributed by atoms with E-state index >= 15 is 0 Å². The van der Waals surface area contributed by atoms with Crippen molar-refractivity contribution in [2.75, 3.05) is 0 Å². The van der Waals surface area contributed by atoms with Gasteiger partial charge < -0.3 is 0 Å². The molecule has 0 saturated carbocycles. The van der Waals surface area contributed by atoms with Crippen LogP contribution in [0.25, 0.3) is 16.9 Å². The highest BCUT2D eigenvalue weighted by Gasteiger charge is 2.11. The smallest absolute Gasteiger partial charge is 0.258 e. The van der Waals surface area contributed by atoms with Crippen LogP contribution in [-0.2, 0) is 0 Å². The number of hydrogen-bond donors (Lipinski definition) is 0. The van der Waals surface area contributed by atoms with E-state index in [1.54, 1.807) is 35.1 Å². The summed E-state index contributed by atoms with van der Waals surface area (Å²) in [6.07, 6.45) is 1.61. The summed E-state index contributed by atoms with van der Waals surface area (Å²) in [6.45, 7) is 0. The Kier molecular flexibility index (Phi) is 3.37.